The molecule has 8 fully saturated rings. The summed E-state index contributed by atoms with van der Waals surface area (Å²) in [7, 11) is 0. The van der Waals surface area contributed by atoms with Crippen LogP contribution < -0.4 is 0 Å². The molecule has 5 saturated heterocycles. The van der Waals surface area contributed by atoms with E-state index in [9.17, 15) is 66.4 Å². The Balaban J connectivity index is 0.846. The Bertz CT molecular complexity index is 1900. The summed E-state index contributed by atoms with van der Waals surface area (Å²) in [5.74, 6) is -0.232. The number of aliphatic hydroxyl groups excluding tert-OH is 12. The Morgan fingerprint density at radius 3 is 1.86 bits per heavy atom. The van der Waals surface area contributed by atoms with E-state index in [1.54, 1.807) is 0 Å². The van der Waals surface area contributed by atoms with E-state index in [0.717, 1.165) is 32.1 Å². The molecule has 0 aromatic heterocycles. The van der Waals surface area contributed by atoms with Gasteiger partial charge in [0.2, 0.25) is 0 Å². The molecule has 420 valence electrons. The Kier molecular flexibility index (Phi) is 16.9. The number of allylic oxidation sites excluding steroid dienone is 1. The number of ether oxygens (including phenoxy) is 9. The maximum Gasteiger partial charge on any atom is 0.187 e. The lowest BCUT2D eigenvalue weighted by molar-refractivity contribution is -0.388. The summed E-state index contributed by atoms with van der Waals surface area (Å²) in [4.78, 5) is 0. The highest BCUT2D eigenvalue weighted by atomic mass is 16.8. The highest BCUT2D eigenvalue weighted by Gasteiger charge is 2.68. The average molecular weight is 1050 g/mol. The van der Waals surface area contributed by atoms with Gasteiger partial charge >= 0.3 is 0 Å². The van der Waals surface area contributed by atoms with Gasteiger partial charge in [-0.25, -0.2) is 0 Å². The molecule has 4 aliphatic carbocycles. The largest absolute Gasteiger partial charge is 0.394 e. The molecule has 22 heteroatoms. The lowest BCUT2D eigenvalue weighted by Crippen LogP contribution is -2.66. The van der Waals surface area contributed by atoms with Gasteiger partial charge in [0.05, 0.1) is 44.2 Å². The van der Waals surface area contributed by atoms with Crippen LogP contribution in [0.2, 0.25) is 0 Å². The molecule has 9 rings (SSSR count). The molecule has 0 amide bonds. The van der Waals surface area contributed by atoms with Gasteiger partial charge in [0, 0.05) is 12.3 Å². The van der Waals surface area contributed by atoms with Crippen LogP contribution in [0.4, 0.5) is 0 Å². The van der Waals surface area contributed by atoms with Gasteiger partial charge < -0.3 is 109 Å². The first-order valence-corrected chi connectivity index (χ1v) is 26.8. The molecule has 13 N–H and O–H groups in total. The SMILES string of the molecule is C[C@@H](CC[C@@]1(O)O[C@H]2C[C@H]3C4CC=C5C[C@@H](O[C@@H]6O[C@H](CO)[C@@H](O[C@@H]7O[C@@H](C)[C@H](O)[C@@H](O)[C@H]7O)[C@H](O)[C@H]6O[C@@H]6O[C@@H](C)[C@H](O)[C@@H](O)[C@H]6O)CC[C@]5(C)[C@H]4CC[C@]3(C)[C@H]2[C@@H]1C)CO[C@@H]1O[C@H](CO)[C@@H](O)[C@H](O)[C@H]1O. The monoisotopic (exact) mass is 1050 g/mol. The second-order valence-electron chi connectivity index (χ2n) is 23.8. The third kappa shape index (κ3) is 10.2. The number of hydrogen-bond donors (Lipinski definition) is 13. The molecule has 3 saturated carbocycles. The first-order chi connectivity index (χ1) is 34.5. The summed E-state index contributed by atoms with van der Waals surface area (Å²) in [6, 6.07) is 0. The van der Waals surface area contributed by atoms with Crippen LogP contribution in [-0.2, 0) is 42.6 Å². The lowest BCUT2D eigenvalue weighted by atomic mass is 9.47. The molecule has 0 aromatic rings. The van der Waals surface area contributed by atoms with Crippen LogP contribution in [0.15, 0.2) is 11.6 Å². The second kappa shape index (κ2) is 21.8. The van der Waals surface area contributed by atoms with E-state index in [0.29, 0.717) is 43.4 Å². The first kappa shape index (κ1) is 56.6. The maximum absolute atomic E-state index is 12.1. The third-order valence-electron chi connectivity index (χ3n) is 19.5. The lowest BCUT2D eigenvalue weighted by Gasteiger charge is -2.58. The predicted molar refractivity (Wildman–Crippen MR) is 249 cm³/mol. The number of rotatable bonds is 14. The van der Waals surface area contributed by atoms with Crippen molar-refractivity contribution in [3.63, 3.8) is 0 Å². The summed E-state index contributed by atoms with van der Waals surface area (Å²) < 4.78 is 54.6. The van der Waals surface area contributed by atoms with Crippen molar-refractivity contribution in [1.29, 1.82) is 0 Å². The van der Waals surface area contributed by atoms with Crippen molar-refractivity contribution in [2.45, 2.75) is 240 Å². The summed E-state index contributed by atoms with van der Waals surface area (Å²) >= 11 is 0. The normalized spacial score (nSPS) is 55.5. The number of aliphatic hydroxyl groups is 13. The van der Waals surface area contributed by atoms with Gasteiger partial charge in [0.15, 0.2) is 30.9 Å². The highest BCUT2D eigenvalue weighted by Crippen LogP contribution is 2.70. The van der Waals surface area contributed by atoms with Gasteiger partial charge in [-0.15, -0.1) is 0 Å². The van der Waals surface area contributed by atoms with Crippen molar-refractivity contribution in [1.82, 2.24) is 0 Å². The van der Waals surface area contributed by atoms with E-state index in [1.165, 1.54) is 19.4 Å². The average Bonchev–Trinajstić information content (AvgIpc) is 3.80. The minimum atomic E-state index is -1.75. The van der Waals surface area contributed by atoms with Crippen LogP contribution >= 0.6 is 0 Å². The van der Waals surface area contributed by atoms with E-state index in [4.69, 9.17) is 42.6 Å². The van der Waals surface area contributed by atoms with Gasteiger partial charge in [0.25, 0.3) is 0 Å². The Hall–Kier alpha value is -1.14. The fourth-order valence-corrected chi connectivity index (χ4v) is 14.9. The van der Waals surface area contributed by atoms with Crippen molar-refractivity contribution in [2.75, 3.05) is 19.8 Å². The Labute approximate surface area is 426 Å². The topological polar surface area (TPSA) is 346 Å². The molecule has 22 nitrogen and oxygen atoms in total. The van der Waals surface area contributed by atoms with Crippen LogP contribution in [0, 0.1) is 46.3 Å². The summed E-state index contributed by atoms with van der Waals surface area (Å²) in [5, 5.41) is 139. The zero-order chi connectivity index (χ0) is 52.8. The van der Waals surface area contributed by atoms with Crippen LogP contribution in [0.3, 0.4) is 0 Å². The van der Waals surface area contributed by atoms with Crippen molar-refractivity contribution >= 4 is 0 Å². The zero-order valence-corrected chi connectivity index (χ0v) is 42.7. The molecule has 0 aromatic carbocycles. The maximum atomic E-state index is 12.1. The van der Waals surface area contributed by atoms with E-state index in [-0.39, 0.29) is 41.3 Å². The molecule has 0 radical (unpaired) electrons. The fraction of sp³-hybridized carbons (Fsp3) is 0.961. The van der Waals surface area contributed by atoms with Gasteiger partial charge in [-0.2, -0.15) is 0 Å². The number of fused-ring (bicyclic) bond motifs is 7. The summed E-state index contributed by atoms with van der Waals surface area (Å²) in [5.41, 5.74) is 1.07. The molecule has 9 aliphatic rings. The standard InChI is InChI=1S/C51H84O22/c1-20(19-65-45-39(60)38(59)35(56)30(17-52)69-45)9-14-51(64)21(2)32-29(73-51)16-28-26-8-7-24-15-25(10-12-49(24,5)27(26)11-13-50(28,32)6)68-48-44(72-47-41(62)37(58)34(55)23(4)67-47)42(63)43(31(18-53)70-48)71-46-40(61)36(57)33(54)22(3)66-46/h7,20-23,25-48,52-64H,8-19H2,1-6H3/t20-,21-,22-,23-,25-,26?,27-,28-,29-,30+,31+,32-,33-,34-,35+,36+,37+,38-,39+,40+,41+,42-,43+,44+,45+,46-,47-,48+,49-,50-,51+/m0/s1. The Morgan fingerprint density at radius 2 is 1.23 bits per heavy atom. The fourth-order valence-electron chi connectivity index (χ4n) is 14.9. The van der Waals surface area contributed by atoms with Crippen molar-refractivity contribution in [2.24, 2.45) is 46.3 Å². The van der Waals surface area contributed by atoms with E-state index < -0.39 is 148 Å². The molecule has 73 heavy (non-hydrogen) atoms. The van der Waals surface area contributed by atoms with E-state index >= 15 is 0 Å². The molecular weight excluding hydrogens is 965 g/mol. The third-order valence-corrected chi connectivity index (χ3v) is 19.5. The van der Waals surface area contributed by atoms with Crippen LogP contribution in [0.5, 0.6) is 0 Å². The zero-order valence-electron chi connectivity index (χ0n) is 42.7. The van der Waals surface area contributed by atoms with Gasteiger partial charge in [-0.1, -0.05) is 39.3 Å². The molecular formula is C51H84O22. The quantitative estimate of drug-likeness (QED) is 0.0839. The van der Waals surface area contributed by atoms with E-state index in [2.05, 4.69) is 26.8 Å². The van der Waals surface area contributed by atoms with Crippen molar-refractivity contribution in [3.05, 3.63) is 11.6 Å². The molecule has 5 heterocycles. The molecule has 1 unspecified atom stereocenters. The predicted octanol–water partition coefficient (Wildman–Crippen LogP) is -1.98. The smallest absolute Gasteiger partial charge is 0.187 e. The summed E-state index contributed by atoms with van der Waals surface area (Å²) in [6.45, 7) is 10.7. The molecule has 0 spiro atoms. The molecule has 5 aliphatic heterocycles. The second-order valence-corrected chi connectivity index (χ2v) is 23.8. The van der Waals surface area contributed by atoms with Gasteiger partial charge in [-0.3, -0.25) is 0 Å². The number of hydrogen-bond acceptors (Lipinski definition) is 22. The Morgan fingerprint density at radius 1 is 0.644 bits per heavy atom. The van der Waals surface area contributed by atoms with Crippen LogP contribution in [0.1, 0.15) is 99.3 Å². The van der Waals surface area contributed by atoms with Crippen LogP contribution in [0.25, 0.3) is 0 Å². The van der Waals surface area contributed by atoms with Crippen LogP contribution in [-0.4, -0.2) is 227 Å². The minimum absolute atomic E-state index is 0.0589. The van der Waals surface area contributed by atoms with E-state index in [1.807, 2.05) is 6.92 Å². The molecule has 31 atom stereocenters. The minimum Gasteiger partial charge on any atom is -0.394 e. The summed E-state index contributed by atoms with van der Waals surface area (Å²) in [6.07, 6.45) is -20.5. The van der Waals surface area contributed by atoms with Gasteiger partial charge in [0.1, 0.15) is 85.5 Å². The molecule has 0 bridgehead atoms. The first-order valence-electron chi connectivity index (χ1n) is 26.8. The highest BCUT2D eigenvalue weighted by molar-refractivity contribution is 5.26. The van der Waals surface area contributed by atoms with Gasteiger partial charge in [-0.05, 0) is 106 Å². The van der Waals surface area contributed by atoms with Crippen molar-refractivity contribution < 1.29 is 109 Å². The van der Waals surface area contributed by atoms with Crippen molar-refractivity contribution in [3.8, 4) is 0 Å².